The Morgan fingerprint density at radius 2 is 1.42 bits per heavy atom. The third-order valence-corrected chi connectivity index (χ3v) is 5.39. The van der Waals surface area contributed by atoms with Crippen LogP contribution >= 0.6 is 0 Å². The van der Waals surface area contributed by atoms with Gasteiger partial charge in [0.2, 0.25) is 0 Å². The lowest BCUT2D eigenvalue weighted by Crippen LogP contribution is -2.21. The van der Waals surface area contributed by atoms with E-state index in [4.69, 9.17) is 0 Å². The predicted molar refractivity (Wildman–Crippen MR) is 74.4 cm³/mol. The molecule has 0 unspecified atom stereocenters. The minimum atomic E-state index is -5.00. The van der Waals surface area contributed by atoms with Gasteiger partial charge in [0.15, 0.2) is 0 Å². The molecule has 1 heterocycles. The topological polar surface area (TPSA) is 158 Å². The van der Waals surface area contributed by atoms with Crippen molar-refractivity contribution in [1.82, 2.24) is 0 Å². The Balaban J connectivity index is 2.63. The largest absolute Gasteiger partial charge is 0.744 e. The summed E-state index contributed by atoms with van der Waals surface area (Å²) in [7, 11) is -9.99. The summed E-state index contributed by atoms with van der Waals surface area (Å²) in [5, 5.41) is -0.257. The van der Waals surface area contributed by atoms with Crippen molar-refractivity contribution in [1.29, 1.82) is 0 Å². The second-order valence-electron chi connectivity index (χ2n) is 5.03. The Kier molecular flexibility index (Phi) is 3.32. The number of benzene rings is 2. The van der Waals surface area contributed by atoms with Crippen LogP contribution in [0.2, 0.25) is 0 Å². The zero-order valence-corrected chi connectivity index (χ0v) is 13.4. The number of cyclic esters (lactones) is 2. The molecule has 126 valence electrons. The molecule has 24 heavy (non-hydrogen) atoms. The van der Waals surface area contributed by atoms with E-state index in [2.05, 4.69) is 4.74 Å². The molecule has 3 rings (SSSR count). The van der Waals surface area contributed by atoms with Crippen molar-refractivity contribution < 1.29 is 40.3 Å². The lowest BCUT2D eigenvalue weighted by Gasteiger charge is -2.21. The molecule has 0 radical (unpaired) electrons. The average molecular weight is 370 g/mol. The molecule has 2 aromatic rings. The molecule has 11 heteroatoms. The van der Waals surface area contributed by atoms with Crippen molar-refractivity contribution in [3.63, 3.8) is 0 Å². The SMILES string of the molecule is Cc1c(S(=O)(=O)[O-])cc2c3c(cc(S(=O)(=O)[O-])cc13)C(=O)OC2=O. The molecule has 0 aliphatic carbocycles. The first-order valence-corrected chi connectivity index (χ1v) is 9.02. The first-order valence-electron chi connectivity index (χ1n) is 6.21. The number of hydrogen-bond donors (Lipinski definition) is 0. The summed E-state index contributed by atoms with van der Waals surface area (Å²) in [4.78, 5) is 22.1. The lowest BCUT2D eigenvalue weighted by atomic mass is 9.94. The van der Waals surface area contributed by atoms with Gasteiger partial charge < -0.3 is 13.8 Å². The van der Waals surface area contributed by atoms with Gasteiger partial charge in [0.1, 0.15) is 20.2 Å². The van der Waals surface area contributed by atoms with Gasteiger partial charge in [-0.15, -0.1) is 0 Å². The van der Waals surface area contributed by atoms with E-state index in [0.29, 0.717) is 0 Å². The number of carbonyl (C=O) groups is 2. The second kappa shape index (κ2) is 4.83. The Bertz CT molecular complexity index is 1140. The fourth-order valence-electron chi connectivity index (χ4n) is 2.57. The van der Waals surface area contributed by atoms with E-state index in [0.717, 1.165) is 18.2 Å². The van der Waals surface area contributed by atoms with E-state index in [1.807, 2.05) is 0 Å². The van der Waals surface area contributed by atoms with E-state index in [1.54, 1.807) is 0 Å². The molecule has 1 aliphatic heterocycles. The molecule has 0 fully saturated rings. The van der Waals surface area contributed by atoms with Gasteiger partial charge in [-0.3, -0.25) is 0 Å². The summed E-state index contributed by atoms with van der Waals surface area (Å²) < 4.78 is 72.3. The van der Waals surface area contributed by atoms with E-state index >= 15 is 0 Å². The monoisotopic (exact) mass is 370 g/mol. The third kappa shape index (κ3) is 2.38. The number of aryl methyl sites for hydroxylation is 1. The second-order valence-corrected chi connectivity index (χ2v) is 7.75. The molecule has 0 atom stereocenters. The van der Waals surface area contributed by atoms with Crippen LogP contribution < -0.4 is 0 Å². The molecule has 0 N–H and O–H groups in total. The molecule has 0 spiro atoms. The number of rotatable bonds is 2. The summed E-state index contributed by atoms with van der Waals surface area (Å²) in [5.74, 6) is -2.36. The fourth-order valence-corrected chi connectivity index (χ4v) is 3.84. The quantitative estimate of drug-likeness (QED) is 0.411. The van der Waals surface area contributed by atoms with Gasteiger partial charge in [0.25, 0.3) is 0 Å². The van der Waals surface area contributed by atoms with Gasteiger partial charge >= 0.3 is 11.9 Å². The summed E-state index contributed by atoms with van der Waals surface area (Å²) in [6, 6.07) is 2.33. The highest BCUT2D eigenvalue weighted by Gasteiger charge is 2.31. The maximum atomic E-state index is 11.8. The van der Waals surface area contributed by atoms with Crippen LogP contribution in [0.25, 0.3) is 10.8 Å². The van der Waals surface area contributed by atoms with E-state index < -0.39 is 42.0 Å². The first-order chi connectivity index (χ1) is 10.9. The van der Waals surface area contributed by atoms with E-state index in [9.17, 15) is 35.5 Å². The zero-order chi connectivity index (χ0) is 18.0. The molecule has 0 bridgehead atoms. The molecule has 0 saturated carbocycles. The average Bonchev–Trinajstić information content (AvgIpc) is 2.43. The standard InChI is InChI=1S/C13H8O9S2/c1-5-7-2-6(23(16,17)18)3-8-11(7)9(13(15)22-12(8)14)4-10(5)24(19,20)21/h2-4H,1H3,(H,16,17,18)(H,19,20,21)/p-2. The normalized spacial score (nSPS) is 14.8. The van der Waals surface area contributed by atoms with Crippen LogP contribution in [0.3, 0.4) is 0 Å². The van der Waals surface area contributed by atoms with Gasteiger partial charge in [-0.2, -0.15) is 0 Å². The van der Waals surface area contributed by atoms with Crippen molar-refractivity contribution >= 4 is 42.9 Å². The van der Waals surface area contributed by atoms with Crippen molar-refractivity contribution in [2.24, 2.45) is 0 Å². The Morgan fingerprint density at radius 3 is 1.92 bits per heavy atom. The molecule has 1 aliphatic rings. The summed E-state index contributed by atoms with van der Waals surface area (Å²) in [5.41, 5.74) is -0.943. The summed E-state index contributed by atoms with van der Waals surface area (Å²) >= 11 is 0. The van der Waals surface area contributed by atoms with Crippen molar-refractivity contribution in [2.75, 3.05) is 0 Å². The molecule has 9 nitrogen and oxygen atoms in total. The summed E-state index contributed by atoms with van der Waals surface area (Å²) in [6.45, 7) is 1.19. The zero-order valence-electron chi connectivity index (χ0n) is 11.7. The van der Waals surface area contributed by atoms with Crippen LogP contribution in [0.15, 0.2) is 28.0 Å². The number of esters is 2. The molecule has 0 aromatic heterocycles. The van der Waals surface area contributed by atoms with Crippen LogP contribution in [0.1, 0.15) is 26.3 Å². The summed E-state index contributed by atoms with van der Waals surface area (Å²) in [6.07, 6.45) is 0. The minimum Gasteiger partial charge on any atom is -0.744 e. The van der Waals surface area contributed by atoms with Gasteiger partial charge in [-0.1, -0.05) is 0 Å². The Morgan fingerprint density at radius 1 is 0.875 bits per heavy atom. The molecule has 2 aromatic carbocycles. The van der Waals surface area contributed by atoms with Crippen LogP contribution in [0.5, 0.6) is 0 Å². The highest BCUT2D eigenvalue weighted by atomic mass is 32.2. The maximum absolute atomic E-state index is 11.8. The Hall–Kier alpha value is -2.34. The number of hydrogen-bond acceptors (Lipinski definition) is 9. The fraction of sp³-hybridized carbons (Fsp3) is 0.0769. The number of ether oxygens (including phenoxy) is 1. The van der Waals surface area contributed by atoms with E-state index in [1.165, 1.54) is 6.92 Å². The third-order valence-electron chi connectivity index (χ3n) is 3.61. The smallest absolute Gasteiger partial charge is 0.346 e. The highest BCUT2D eigenvalue weighted by Crippen LogP contribution is 2.36. The molecule has 0 amide bonds. The maximum Gasteiger partial charge on any atom is 0.346 e. The van der Waals surface area contributed by atoms with Gasteiger partial charge in [-0.25, -0.2) is 26.4 Å². The van der Waals surface area contributed by atoms with Gasteiger partial charge in [0, 0.05) is 5.39 Å². The Labute approximate surface area is 135 Å². The predicted octanol–water partition coefficient (Wildman–Crippen LogP) is 0.267. The minimum absolute atomic E-state index is 0.0754. The molecule has 0 saturated heterocycles. The van der Waals surface area contributed by atoms with Crippen molar-refractivity contribution in [2.45, 2.75) is 16.7 Å². The van der Waals surface area contributed by atoms with Crippen molar-refractivity contribution in [3.8, 4) is 0 Å². The molecular formula is C13H6O9S2-2. The van der Waals surface area contributed by atoms with Crippen LogP contribution in [-0.4, -0.2) is 37.9 Å². The lowest BCUT2D eigenvalue weighted by molar-refractivity contribution is 0.0391. The van der Waals surface area contributed by atoms with E-state index in [-0.39, 0.29) is 27.5 Å². The van der Waals surface area contributed by atoms with Crippen LogP contribution in [0, 0.1) is 6.92 Å². The van der Waals surface area contributed by atoms with Gasteiger partial charge in [0.05, 0.1) is 20.9 Å². The number of carbonyl (C=O) groups excluding carboxylic acids is 2. The van der Waals surface area contributed by atoms with Crippen LogP contribution in [0.4, 0.5) is 0 Å². The van der Waals surface area contributed by atoms with Crippen LogP contribution in [-0.2, 0) is 25.0 Å². The van der Waals surface area contributed by atoms with Crippen molar-refractivity contribution in [3.05, 3.63) is 34.9 Å². The van der Waals surface area contributed by atoms with Gasteiger partial charge in [-0.05, 0) is 36.1 Å². The first kappa shape index (κ1) is 16.5. The molecular weight excluding hydrogens is 364 g/mol. The highest BCUT2D eigenvalue weighted by molar-refractivity contribution is 7.86.